The molecule has 16 heteroatoms. The van der Waals surface area contributed by atoms with Crippen LogP contribution >= 0.6 is 0 Å². The summed E-state index contributed by atoms with van der Waals surface area (Å²) in [5.41, 5.74) is -0.495. The van der Waals surface area contributed by atoms with E-state index in [-0.39, 0.29) is 41.3 Å². The molecule has 1 aromatic rings. The molecule has 3 saturated carbocycles. The molecule has 6 fully saturated rings. The van der Waals surface area contributed by atoms with Gasteiger partial charge in [0.25, 0.3) is 0 Å². The van der Waals surface area contributed by atoms with Gasteiger partial charge in [0.2, 0.25) is 0 Å². The third-order valence-electron chi connectivity index (χ3n) is 17.4. The van der Waals surface area contributed by atoms with Crippen molar-refractivity contribution in [1.82, 2.24) is 0 Å². The van der Waals surface area contributed by atoms with Crippen molar-refractivity contribution in [3.05, 3.63) is 47.5 Å². The highest BCUT2D eigenvalue weighted by atomic mass is 16.8. The fourth-order valence-electron chi connectivity index (χ4n) is 13.7. The summed E-state index contributed by atoms with van der Waals surface area (Å²) in [6, 6.07) is 9.00. The molecule has 0 spiro atoms. The van der Waals surface area contributed by atoms with Crippen molar-refractivity contribution in [2.24, 2.45) is 28.6 Å². The monoisotopic (exact) mass is 945 g/mol. The van der Waals surface area contributed by atoms with Gasteiger partial charge >= 0.3 is 11.9 Å². The molecule has 7 aliphatic rings. The lowest BCUT2D eigenvalue weighted by Crippen LogP contribution is -2.67. The van der Waals surface area contributed by atoms with E-state index in [1.165, 1.54) is 19.6 Å². The third kappa shape index (κ3) is 9.41. The predicted molar refractivity (Wildman–Crippen MR) is 240 cm³/mol. The molecule has 3 N–H and O–H groups in total. The highest BCUT2D eigenvalue weighted by Crippen LogP contribution is 2.69. The first-order chi connectivity index (χ1) is 31.9. The highest BCUT2D eigenvalue weighted by Gasteiger charge is 2.72. The van der Waals surface area contributed by atoms with Gasteiger partial charge in [-0.25, -0.2) is 4.79 Å². The van der Waals surface area contributed by atoms with E-state index in [4.69, 9.17) is 52.1 Å². The largest absolute Gasteiger partial charge is 0.463 e. The lowest BCUT2D eigenvalue weighted by atomic mass is 9.44. The van der Waals surface area contributed by atoms with Gasteiger partial charge in [-0.05, 0) is 102 Å². The fourth-order valence-corrected chi connectivity index (χ4v) is 13.7. The van der Waals surface area contributed by atoms with Crippen molar-refractivity contribution in [2.75, 3.05) is 21.3 Å². The molecular weight excluding hydrogens is 869 g/mol. The van der Waals surface area contributed by atoms with Crippen LogP contribution < -0.4 is 0 Å². The first-order valence-electron chi connectivity index (χ1n) is 24.6. The Balaban J connectivity index is 0.913. The molecule has 3 saturated heterocycles. The SMILES string of the molecule is CO[C@H]1[C@@H](O)[C@H](O[C@H]2[C@@H](OC)C[C@H](O[C@H]3[C@@H](OC)C[C@H](O[C@H]4CC[C@@]5(C)C(=CC[C@H]6[C@@H]5C[C@@H](OC(=O)c5ccccc5)[C@]5(C)[C@@H]([C@@H](C)OC(C)=O)CC[C@]65O)C4)O[C@@H]3C)O[C@@H]2C)O[C@H](C)[C@H]1O. The molecule has 16 nitrogen and oxygen atoms in total. The van der Waals surface area contributed by atoms with Gasteiger partial charge in [-0.15, -0.1) is 0 Å². The van der Waals surface area contributed by atoms with Crippen LogP contribution in [-0.4, -0.2) is 152 Å². The fraction of sp³-hybridized carbons (Fsp3) is 0.804. The number of fused-ring (bicyclic) bond motifs is 5. The van der Waals surface area contributed by atoms with Crippen LogP contribution in [0.4, 0.5) is 0 Å². The minimum atomic E-state index is -1.22. The molecule has 0 bridgehead atoms. The highest BCUT2D eigenvalue weighted by molar-refractivity contribution is 5.89. The average molecular weight is 945 g/mol. The molecule has 4 aliphatic carbocycles. The molecule has 0 unspecified atom stereocenters. The van der Waals surface area contributed by atoms with Gasteiger partial charge in [-0.2, -0.15) is 0 Å². The molecule has 3 heterocycles. The van der Waals surface area contributed by atoms with E-state index in [0.29, 0.717) is 50.5 Å². The predicted octanol–water partition coefficient (Wildman–Crippen LogP) is 5.40. The van der Waals surface area contributed by atoms with E-state index in [0.717, 1.165) is 12.8 Å². The number of carbonyl (C=O) groups excluding carboxylic acids is 2. The molecular formula is C51H76O16. The number of carbonyl (C=O) groups is 2. The number of aliphatic hydroxyl groups is 3. The van der Waals surface area contributed by atoms with Crippen molar-refractivity contribution in [1.29, 1.82) is 0 Å². The summed E-state index contributed by atoms with van der Waals surface area (Å²) in [5.74, 6) is -1.01. The van der Waals surface area contributed by atoms with E-state index >= 15 is 0 Å². The van der Waals surface area contributed by atoms with Crippen LogP contribution in [0.2, 0.25) is 0 Å². The molecule has 0 radical (unpaired) electrons. The molecule has 0 amide bonds. The number of rotatable bonds is 13. The lowest BCUT2D eigenvalue weighted by molar-refractivity contribution is -0.352. The summed E-state index contributed by atoms with van der Waals surface area (Å²) in [6.07, 6.45) is -2.10. The van der Waals surface area contributed by atoms with Gasteiger partial charge in [0.1, 0.15) is 42.7 Å². The Kier molecular flexibility index (Phi) is 15.4. The number of benzene rings is 1. The van der Waals surface area contributed by atoms with Crippen LogP contribution in [0.5, 0.6) is 0 Å². The van der Waals surface area contributed by atoms with Crippen LogP contribution in [0.3, 0.4) is 0 Å². The van der Waals surface area contributed by atoms with Gasteiger partial charge in [0.15, 0.2) is 18.9 Å². The third-order valence-corrected chi connectivity index (χ3v) is 17.4. The molecule has 376 valence electrons. The van der Waals surface area contributed by atoms with Gasteiger partial charge in [-0.1, -0.05) is 43.7 Å². The Bertz CT molecular complexity index is 1900. The van der Waals surface area contributed by atoms with Crippen molar-refractivity contribution in [2.45, 2.75) is 210 Å². The molecule has 22 atom stereocenters. The second-order valence-corrected chi connectivity index (χ2v) is 20.9. The maximum atomic E-state index is 13.8. The number of allylic oxidation sites excluding steroid dienone is 1. The van der Waals surface area contributed by atoms with Crippen molar-refractivity contribution in [3.63, 3.8) is 0 Å². The minimum Gasteiger partial charge on any atom is -0.463 e. The second kappa shape index (κ2) is 20.3. The Morgan fingerprint density at radius 2 is 1.40 bits per heavy atom. The summed E-state index contributed by atoms with van der Waals surface area (Å²) in [4.78, 5) is 26.0. The maximum Gasteiger partial charge on any atom is 0.338 e. The number of esters is 2. The number of ether oxygens (including phenoxy) is 11. The van der Waals surface area contributed by atoms with E-state index < -0.39 is 103 Å². The molecule has 0 aromatic heterocycles. The Hall–Kier alpha value is -2.58. The van der Waals surface area contributed by atoms with Crippen molar-refractivity contribution in [3.8, 4) is 0 Å². The summed E-state index contributed by atoms with van der Waals surface area (Å²) in [5, 5.41) is 34.5. The summed E-state index contributed by atoms with van der Waals surface area (Å²) >= 11 is 0. The normalized spacial score (nSPS) is 46.9. The zero-order valence-corrected chi connectivity index (χ0v) is 40.9. The van der Waals surface area contributed by atoms with Crippen LogP contribution in [-0.2, 0) is 56.9 Å². The van der Waals surface area contributed by atoms with Gasteiger partial charge in [0, 0.05) is 52.4 Å². The first kappa shape index (κ1) is 50.8. The van der Waals surface area contributed by atoms with Crippen LogP contribution in [0, 0.1) is 28.6 Å². The Labute approximate surface area is 395 Å². The second-order valence-electron chi connectivity index (χ2n) is 20.9. The van der Waals surface area contributed by atoms with E-state index in [1.807, 2.05) is 39.0 Å². The van der Waals surface area contributed by atoms with Crippen molar-refractivity contribution >= 4 is 11.9 Å². The van der Waals surface area contributed by atoms with Gasteiger partial charge in [-0.3, -0.25) is 4.79 Å². The maximum absolute atomic E-state index is 13.8. The van der Waals surface area contributed by atoms with Crippen LogP contribution in [0.25, 0.3) is 0 Å². The average Bonchev–Trinajstić information content (AvgIpc) is 3.59. The topological polar surface area (TPSA) is 196 Å². The quantitative estimate of drug-likeness (QED) is 0.168. The molecule has 8 rings (SSSR count). The van der Waals surface area contributed by atoms with Gasteiger partial charge < -0.3 is 67.4 Å². The van der Waals surface area contributed by atoms with Crippen molar-refractivity contribution < 1.29 is 77.0 Å². The first-order valence-corrected chi connectivity index (χ1v) is 24.6. The number of methoxy groups -OCH3 is 3. The summed E-state index contributed by atoms with van der Waals surface area (Å²) in [6.45, 7) is 13.2. The molecule has 1 aromatic carbocycles. The molecule has 3 aliphatic heterocycles. The molecule has 67 heavy (non-hydrogen) atoms. The lowest BCUT2D eigenvalue weighted by Gasteiger charge is -2.63. The van der Waals surface area contributed by atoms with Crippen LogP contribution in [0.15, 0.2) is 42.0 Å². The van der Waals surface area contributed by atoms with E-state index in [9.17, 15) is 24.9 Å². The zero-order valence-electron chi connectivity index (χ0n) is 40.9. The smallest absolute Gasteiger partial charge is 0.338 e. The van der Waals surface area contributed by atoms with Gasteiger partial charge in [0.05, 0.1) is 47.8 Å². The minimum absolute atomic E-state index is 0.0433. The van der Waals surface area contributed by atoms with Crippen LogP contribution in [0.1, 0.15) is 117 Å². The Morgan fingerprint density at radius 1 is 0.761 bits per heavy atom. The number of hydrogen-bond acceptors (Lipinski definition) is 16. The Morgan fingerprint density at radius 3 is 2.03 bits per heavy atom. The van der Waals surface area contributed by atoms with E-state index in [1.54, 1.807) is 33.3 Å². The zero-order chi connectivity index (χ0) is 48.2. The number of hydrogen-bond donors (Lipinski definition) is 3. The van der Waals surface area contributed by atoms with E-state index in [2.05, 4.69) is 19.9 Å². The number of aliphatic hydroxyl groups excluding tert-OH is 2. The standard InChI is InChI=1S/C51H76O16/c1-26(60-30(5)52)34-19-21-51(56)35-17-16-32-22-33(18-20-49(32,6)36(35)23-39(50(34,51)7)65-47(55)31-14-12-11-13-15-31)64-40-24-37(57-8)44(28(3)61-40)66-41-25-38(58-9)45(29(4)62-41)67-48-43(54)46(59-10)42(53)27(2)63-48/h11-16,26-29,33-46,48,53-54,56H,17-25H2,1-10H3/t26-,27-,28-,29-,33+,34-,35+,36+,37+,38+,39-,40+,41+,42-,43-,44-,45-,46-,48+,49+,50+,51+/m1/s1. The summed E-state index contributed by atoms with van der Waals surface area (Å²) in [7, 11) is 4.68. The summed E-state index contributed by atoms with van der Waals surface area (Å²) < 4.78 is 68.0.